The van der Waals surface area contributed by atoms with Gasteiger partial charge in [-0.1, -0.05) is 45.2 Å². The van der Waals surface area contributed by atoms with Crippen molar-refractivity contribution < 1.29 is 29.1 Å². The highest BCUT2D eigenvalue weighted by atomic mass is 16.3. The van der Waals surface area contributed by atoms with E-state index >= 15 is 0 Å². The molecule has 5 N–H and O–H groups in total. The van der Waals surface area contributed by atoms with Crippen molar-refractivity contribution in [1.82, 2.24) is 25.8 Å². The third-order valence-corrected chi connectivity index (χ3v) is 11.1. The smallest absolute Gasteiger partial charge is 0.268 e. The number of aliphatic hydroxyl groups is 1. The number of hydrogen-bond donors (Lipinski definition) is 5. The largest absolute Gasteiger partial charge is 0.389 e. The Morgan fingerprint density at radius 1 is 1.09 bits per heavy atom. The van der Waals surface area contributed by atoms with Gasteiger partial charge in [0.1, 0.15) is 24.4 Å². The first-order valence-corrected chi connectivity index (χ1v) is 16.4. The zero-order valence-corrected chi connectivity index (χ0v) is 26.4. The third kappa shape index (κ3) is 5.87. The molecule has 4 aliphatic rings. The van der Waals surface area contributed by atoms with Crippen LogP contribution in [-0.2, 0) is 19.2 Å². The van der Waals surface area contributed by atoms with Crippen LogP contribution in [0, 0.1) is 36.0 Å². The molecule has 4 fully saturated rings. The van der Waals surface area contributed by atoms with Crippen LogP contribution in [0.5, 0.6) is 0 Å². The first-order chi connectivity index (χ1) is 21.5. The summed E-state index contributed by atoms with van der Waals surface area (Å²) in [5, 5.41) is 19.2. The van der Waals surface area contributed by atoms with Crippen molar-refractivity contribution in [2.75, 3.05) is 19.7 Å². The van der Waals surface area contributed by atoms with Crippen LogP contribution in [0.25, 0.3) is 10.9 Å². The molecule has 0 unspecified atom stereocenters. The van der Waals surface area contributed by atoms with E-state index in [1.165, 1.54) is 0 Å². The molecule has 1 aromatic carbocycles. The number of rotatable bonds is 10. The SMILES string of the molecule is Cc1cccc2[nH]c(C(=O)N[C@H](C(=O)N3C[C@H]4[C@@H]([C@H]3C(=O)N[C@@H](C[C@@H]3CCNC3=O)C(=O)CO)C4(C)C)C3CCCCC3)cc12. The zero-order valence-electron chi connectivity index (χ0n) is 26.4. The average Bonchev–Trinajstić information content (AvgIpc) is 3.55. The molecule has 0 bridgehead atoms. The second-order valence-corrected chi connectivity index (χ2v) is 14.2. The van der Waals surface area contributed by atoms with Gasteiger partial charge in [-0.2, -0.15) is 0 Å². The van der Waals surface area contributed by atoms with Gasteiger partial charge >= 0.3 is 0 Å². The van der Waals surface area contributed by atoms with Crippen molar-refractivity contribution in [3.8, 4) is 0 Å². The molecule has 0 radical (unpaired) electrons. The monoisotopic (exact) mass is 619 g/mol. The number of amides is 4. The predicted octanol–water partition coefficient (Wildman–Crippen LogP) is 2.21. The highest BCUT2D eigenvalue weighted by Gasteiger charge is 2.69. The quantitative estimate of drug-likeness (QED) is 0.274. The number of aromatic amines is 1. The van der Waals surface area contributed by atoms with Gasteiger partial charge in [0.2, 0.25) is 17.7 Å². The lowest BCUT2D eigenvalue weighted by atomic mass is 9.83. The van der Waals surface area contributed by atoms with E-state index in [0.29, 0.717) is 25.2 Å². The third-order valence-electron chi connectivity index (χ3n) is 11.1. The average molecular weight is 620 g/mol. The summed E-state index contributed by atoms with van der Waals surface area (Å²) < 4.78 is 0. The van der Waals surface area contributed by atoms with Gasteiger partial charge in [0.25, 0.3) is 5.91 Å². The van der Waals surface area contributed by atoms with Gasteiger partial charge in [-0.15, -0.1) is 0 Å². The van der Waals surface area contributed by atoms with Gasteiger partial charge in [0, 0.05) is 29.9 Å². The Balaban J connectivity index is 1.25. The number of nitrogens with zero attached hydrogens (tertiary/aromatic N) is 1. The number of nitrogens with one attached hydrogen (secondary N) is 4. The Morgan fingerprint density at radius 3 is 2.51 bits per heavy atom. The molecule has 2 saturated heterocycles. The second kappa shape index (κ2) is 12.2. The number of likely N-dealkylation sites (tertiary alicyclic amines) is 1. The molecule has 2 aliphatic heterocycles. The van der Waals surface area contributed by atoms with E-state index in [-0.39, 0.29) is 47.3 Å². The van der Waals surface area contributed by atoms with E-state index in [2.05, 4.69) is 34.8 Å². The second-order valence-electron chi connectivity index (χ2n) is 14.2. The molecule has 2 aromatic rings. The number of hydrogen-bond acceptors (Lipinski definition) is 6. The number of fused-ring (bicyclic) bond motifs is 2. The van der Waals surface area contributed by atoms with Crippen molar-refractivity contribution in [2.24, 2.45) is 29.1 Å². The molecule has 0 spiro atoms. The molecular weight excluding hydrogens is 574 g/mol. The fourth-order valence-electron chi connectivity index (χ4n) is 8.28. The number of ketones is 1. The van der Waals surface area contributed by atoms with Gasteiger partial charge in [-0.05, 0) is 73.5 Å². The van der Waals surface area contributed by atoms with Gasteiger partial charge in [-0.25, -0.2) is 0 Å². The van der Waals surface area contributed by atoms with E-state index in [1.807, 2.05) is 31.2 Å². The lowest BCUT2D eigenvalue weighted by Gasteiger charge is -2.37. The van der Waals surface area contributed by atoms with Gasteiger partial charge < -0.3 is 30.9 Å². The van der Waals surface area contributed by atoms with Crippen LogP contribution < -0.4 is 16.0 Å². The van der Waals surface area contributed by atoms with Crippen LogP contribution in [0.4, 0.5) is 0 Å². The first-order valence-electron chi connectivity index (χ1n) is 16.4. The van der Waals surface area contributed by atoms with Crippen molar-refractivity contribution in [3.05, 3.63) is 35.5 Å². The maximum absolute atomic E-state index is 14.5. The van der Waals surface area contributed by atoms with Gasteiger partial charge in [0.05, 0.1) is 6.04 Å². The molecule has 45 heavy (non-hydrogen) atoms. The molecule has 6 rings (SSSR count). The minimum Gasteiger partial charge on any atom is -0.389 e. The molecule has 1 aromatic heterocycles. The molecule has 11 heteroatoms. The normalized spacial score (nSPS) is 27.0. The topological polar surface area (TPSA) is 161 Å². The number of carbonyl (C=O) groups excluding carboxylic acids is 5. The number of aryl methyl sites for hydroxylation is 1. The maximum atomic E-state index is 14.5. The molecule has 6 atom stereocenters. The summed E-state index contributed by atoms with van der Waals surface area (Å²) in [4.78, 5) is 71.9. The fourth-order valence-corrected chi connectivity index (χ4v) is 8.28. The van der Waals surface area contributed by atoms with Crippen molar-refractivity contribution in [1.29, 1.82) is 0 Å². The standard InChI is InChI=1S/C34H45N5O6/c1-18-8-7-11-23-21(18)15-25(36-23)31(43)38-28(19-9-5-4-6-10-19)33(45)39-16-22-27(34(22,2)3)29(39)32(44)37-24(26(41)17-40)14-20-12-13-35-30(20)42/h7-8,11,15,19-20,22,24,27-29,36,40H,4-6,9-10,12-14,16-17H2,1-3H3,(H,35,42)(H,37,44)(H,38,43)/t20-,22-,24-,27-,28-,29-/m0/s1. The summed E-state index contributed by atoms with van der Waals surface area (Å²) >= 11 is 0. The summed E-state index contributed by atoms with van der Waals surface area (Å²) in [7, 11) is 0. The van der Waals surface area contributed by atoms with E-state index in [4.69, 9.17) is 0 Å². The lowest BCUT2D eigenvalue weighted by Crippen LogP contribution is -2.59. The Kier molecular flexibility index (Phi) is 8.49. The number of aliphatic hydroxyl groups excluding tert-OH is 1. The van der Waals surface area contributed by atoms with E-state index in [9.17, 15) is 29.1 Å². The van der Waals surface area contributed by atoms with E-state index in [0.717, 1.165) is 48.6 Å². The van der Waals surface area contributed by atoms with Crippen LogP contribution >= 0.6 is 0 Å². The van der Waals surface area contributed by atoms with Crippen molar-refractivity contribution in [2.45, 2.75) is 83.8 Å². The number of aromatic nitrogens is 1. The summed E-state index contributed by atoms with van der Waals surface area (Å²) in [6.45, 7) is 6.30. The minimum absolute atomic E-state index is 0.0560. The van der Waals surface area contributed by atoms with Crippen LogP contribution in [0.3, 0.4) is 0 Å². The molecule has 2 saturated carbocycles. The molecule has 11 nitrogen and oxygen atoms in total. The Morgan fingerprint density at radius 2 is 1.84 bits per heavy atom. The number of benzene rings is 1. The number of Topliss-reactive ketones (excluding diaryl/α,β-unsaturated/α-hetero) is 1. The Labute approximate surface area is 263 Å². The fraction of sp³-hybridized carbons (Fsp3) is 0.618. The molecule has 3 heterocycles. The van der Waals surface area contributed by atoms with Crippen LogP contribution in [0.15, 0.2) is 24.3 Å². The first kappa shape index (κ1) is 31.3. The zero-order chi connectivity index (χ0) is 32.0. The van der Waals surface area contributed by atoms with Gasteiger partial charge in [0.15, 0.2) is 5.78 Å². The number of carbonyl (C=O) groups is 5. The maximum Gasteiger partial charge on any atom is 0.268 e. The Bertz CT molecular complexity index is 1510. The number of H-pyrrole nitrogens is 1. The summed E-state index contributed by atoms with van der Waals surface area (Å²) in [6, 6.07) is 5.00. The van der Waals surface area contributed by atoms with Crippen LogP contribution in [-0.4, -0.2) is 82.2 Å². The predicted molar refractivity (Wildman–Crippen MR) is 167 cm³/mol. The van der Waals surface area contributed by atoms with E-state index < -0.39 is 42.3 Å². The summed E-state index contributed by atoms with van der Waals surface area (Å²) in [5.74, 6) is -2.29. The Hall–Kier alpha value is -3.73. The van der Waals surface area contributed by atoms with Crippen molar-refractivity contribution in [3.63, 3.8) is 0 Å². The van der Waals surface area contributed by atoms with Crippen molar-refractivity contribution >= 4 is 40.3 Å². The summed E-state index contributed by atoms with van der Waals surface area (Å²) in [5.41, 5.74) is 2.11. The summed E-state index contributed by atoms with van der Waals surface area (Å²) in [6.07, 6.45) is 5.28. The molecule has 4 amide bonds. The highest BCUT2D eigenvalue weighted by Crippen LogP contribution is 2.65. The number of piperidine rings is 1. The van der Waals surface area contributed by atoms with Crippen LogP contribution in [0.1, 0.15) is 74.8 Å². The minimum atomic E-state index is -1.03. The lowest BCUT2D eigenvalue weighted by molar-refractivity contribution is -0.144. The molecule has 242 valence electrons. The molecule has 2 aliphatic carbocycles. The highest BCUT2D eigenvalue weighted by molar-refractivity contribution is 6.02. The van der Waals surface area contributed by atoms with Crippen LogP contribution in [0.2, 0.25) is 0 Å². The van der Waals surface area contributed by atoms with Gasteiger partial charge in [-0.3, -0.25) is 24.0 Å². The van der Waals surface area contributed by atoms with E-state index in [1.54, 1.807) is 4.90 Å². The molecular formula is C34H45N5O6.